The van der Waals surface area contributed by atoms with E-state index in [0.717, 1.165) is 4.90 Å². The van der Waals surface area contributed by atoms with Crippen LogP contribution >= 0.6 is 15.9 Å². The third-order valence-electron chi connectivity index (χ3n) is 4.26. The van der Waals surface area contributed by atoms with Gasteiger partial charge in [0.15, 0.2) is 0 Å². The van der Waals surface area contributed by atoms with Crippen molar-refractivity contribution < 1.29 is 24.3 Å². The summed E-state index contributed by atoms with van der Waals surface area (Å²) in [5.41, 5.74) is -0.407. The molecule has 0 aromatic heterocycles. The van der Waals surface area contributed by atoms with E-state index in [4.69, 9.17) is 5.11 Å². The van der Waals surface area contributed by atoms with Crippen LogP contribution in [0.4, 0.5) is 0 Å². The predicted octanol–water partition coefficient (Wildman–Crippen LogP) is 1.56. The zero-order valence-electron chi connectivity index (χ0n) is 12.7. The smallest absolute Gasteiger partial charge is 0.329 e. The predicted molar refractivity (Wildman–Crippen MR) is 86.5 cm³/mol. The van der Waals surface area contributed by atoms with Gasteiger partial charge in [-0.1, -0.05) is 15.9 Å². The molecule has 0 saturated heterocycles. The first-order chi connectivity index (χ1) is 11.3. The fourth-order valence-electron chi connectivity index (χ4n) is 2.71. The topological polar surface area (TPSA) is 104 Å². The van der Waals surface area contributed by atoms with E-state index in [1.54, 1.807) is 18.2 Å². The van der Waals surface area contributed by atoms with Crippen LogP contribution in [0, 0.1) is 0 Å². The second-order valence-electron chi connectivity index (χ2n) is 5.99. The van der Waals surface area contributed by atoms with Crippen LogP contribution in [0.2, 0.25) is 0 Å². The largest absolute Gasteiger partial charge is 0.480 e. The molecule has 3 rings (SSSR count). The average molecular weight is 395 g/mol. The Bertz CT molecular complexity index is 757. The summed E-state index contributed by atoms with van der Waals surface area (Å²) in [5.74, 6) is -2.15. The Morgan fingerprint density at radius 2 is 1.88 bits per heavy atom. The van der Waals surface area contributed by atoms with E-state index in [9.17, 15) is 19.2 Å². The number of rotatable bonds is 6. The summed E-state index contributed by atoms with van der Waals surface area (Å²) in [6.45, 7) is 0.122. The van der Waals surface area contributed by atoms with Crippen LogP contribution in [-0.4, -0.2) is 45.8 Å². The number of halogens is 1. The molecule has 7 nitrogen and oxygen atoms in total. The molecule has 0 spiro atoms. The number of carboxylic acid groups (broad SMARTS) is 1. The minimum Gasteiger partial charge on any atom is -0.480 e. The Labute approximate surface area is 146 Å². The number of fused-ring (bicyclic) bond motifs is 1. The highest BCUT2D eigenvalue weighted by molar-refractivity contribution is 9.10. The van der Waals surface area contributed by atoms with E-state index in [2.05, 4.69) is 21.2 Å². The number of amides is 3. The number of carboxylic acids is 1. The number of benzene rings is 1. The molecule has 8 heteroatoms. The van der Waals surface area contributed by atoms with Crippen molar-refractivity contribution in [3.63, 3.8) is 0 Å². The molecule has 1 saturated carbocycles. The lowest BCUT2D eigenvalue weighted by Gasteiger charge is -2.15. The van der Waals surface area contributed by atoms with Crippen molar-refractivity contribution in [3.8, 4) is 0 Å². The second-order valence-corrected chi connectivity index (χ2v) is 6.91. The summed E-state index contributed by atoms with van der Waals surface area (Å²) < 4.78 is 0.715. The van der Waals surface area contributed by atoms with Gasteiger partial charge >= 0.3 is 5.97 Å². The van der Waals surface area contributed by atoms with E-state index in [1.807, 2.05) is 0 Å². The number of imide groups is 1. The Hall–Kier alpha value is -2.22. The molecule has 0 bridgehead atoms. The molecule has 2 N–H and O–H groups in total. The van der Waals surface area contributed by atoms with Crippen molar-refractivity contribution in [2.75, 3.05) is 6.54 Å². The number of carbonyl (C=O) groups is 4. The van der Waals surface area contributed by atoms with Gasteiger partial charge in [0, 0.05) is 17.4 Å². The third-order valence-corrected chi connectivity index (χ3v) is 4.75. The number of nitrogens with zero attached hydrogens (tertiary/aromatic N) is 1. The first-order valence-corrected chi connectivity index (χ1v) is 8.33. The SMILES string of the molecule is O=C(CCCN1C(=O)c2ccc(Br)cc2C1=O)NC1(C(=O)O)CC1. The van der Waals surface area contributed by atoms with Crippen molar-refractivity contribution in [2.45, 2.75) is 31.2 Å². The maximum Gasteiger partial charge on any atom is 0.329 e. The van der Waals surface area contributed by atoms with E-state index in [-0.39, 0.29) is 37.1 Å². The van der Waals surface area contributed by atoms with Crippen molar-refractivity contribution in [3.05, 3.63) is 33.8 Å². The van der Waals surface area contributed by atoms with Crippen LogP contribution in [0.25, 0.3) is 0 Å². The normalized spacial score (nSPS) is 17.6. The Balaban J connectivity index is 1.55. The summed E-state index contributed by atoms with van der Waals surface area (Å²) in [6, 6.07) is 4.89. The van der Waals surface area contributed by atoms with Gasteiger partial charge in [-0.3, -0.25) is 19.3 Å². The number of aliphatic carboxylic acids is 1. The van der Waals surface area contributed by atoms with Gasteiger partial charge in [0.2, 0.25) is 5.91 Å². The van der Waals surface area contributed by atoms with Crippen LogP contribution < -0.4 is 5.32 Å². The number of hydrogen-bond acceptors (Lipinski definition) is 4. The van der Waals surface area contributed by atoms with Crippen LogP contribution in [0.1, 0.15) is 46.4 Å². The number of hydrogen-bond donors (Lipinski definition) is 2. The summed E-state index contributed by atoms with van der Waals surface area (Å²) >= 11 is 3.27. The number of nitrogens with one attached hydrogen (secondary N) is 1. The zero-order chi connectivity index (χ0) is 17.5. The first kappa shape index (κ1) is 16.6. The molecule has 1 fully saturated rings. The van der Waals surface area contributed by atoms with E-state index >= 15 is 0 Å². The maximum absolute atomic E-state index is 12.3. The zero-order valence-corrected chi connectivity index (χ0v) is 14.3. The van der Waals surface area contributed by atoms with Crippen LogP contribution in [-0.2, 0) is 9.59 Å². The lowest BCUT2D eigenvalue weighted by molar-refractivity contribution is -0.143. The van der Waals surface area contributed by atoms with Crippen LogP contribution in [0.5, 0.6) is 0 Å². The van der Waals surface area contributed by atoms with Gasteiger partial charge in [-0.25, -0.2) is 4.79 Å². The molecule has 0 radical (unpaired) electrons. The molecule has 1 aliphatic carbocycles. The monoisotopic (exact) mass is 394 g/mol. The minimum absolute atomic E-state index is 0.0616. The molecule has 0 atom stereocenters. The molecule has 1 aromatic rings. The van der Waals surface area contributed by atoms with Gasteiger partial charge in [-0.05, 0) is 37.5 Å². The van der Waals surface area contributed by atoms with Gasteiger partial charge in [0.05, 0.1) is 11.1 Å². The average Bonchev–Trinajstić information content (AvgIpc) is 3.27. The van der Waals surface area contributed by atoms with Gasteiger partial charge in [0.25, 0.3) is 11.8 Å². The Kier molecular flexibility index (Phi) is 4.16. The molecule has 1 heterocycles. The highest BCUT2D eigenvalue weighted by Gasteiger charge is 2.51. The molecule has 1 aliphatic heterocycles. The lowest BCUT2D eigenvalue weighted by atomic mass is 10.1. The quantitative estimate of drug-likeness (QED) is 0.712. The standard InChI is InChI=1S/C16H15BrN2O5/c17-9-3-4-10-11(8-9)14(22)19(13(10)21)7-1-2-12(20)18-16(5-6-16)15(23)24/h3-4,8H,1-2,5-7H2,(H,18,20)(H,23,24). The lowest BCUT2D eigenvalue weighted by Crippen LogP contribution is -2.43. The van der Waals surface area contributed by atoms with E-state index < -0.39 is 11.5 Å². The van der Waals surface area contributed by atoms with E-state index in [0.29, 0.717) is 28.4 Å². The van der Waals surface area contributed by atoms with Gasteiger partial charge in [-0.15, -0.1) is 0 Å². The van der Waals surface area contributed by atoms with Gasteiger partial charge in [-0.2, -0.15) is 0 Å². The van der Waals surface area contributed by atoms with Crippen molar-refractivity contribution in [1.82, 2.24) is 10.2 Å². The molecule has 1 aromatic carbocycles. The Morgan fingerprint density at radius 1 is 1.21 bits per heavy atom. The van der Waals surface area contributed by atoms with Crippen LogP contribution in [0.15, 0.2) is 22.7 Å². The molecule has 2 aliphatic rings. The summed E-state index contributed by atoms with van der Waals surface area (Å²) in [7, 11) is 0. The molecule has 0 unspecified atom stereocenters. The summed E-state index contributed by atoms with van der Waals surface area (Å²) in [5, 5.41) is 11.5. The summed E-state index contributed by atoms with van der Waals surface area (Å²) in [6.07, 6.45) is 1.21. The molecule has 24 heavy (non-hydrogen) atoms. The maximum atomic E-state index is 12.3. The molecule has 3 amide bonds. The van der Waals surface area contributed by atoms with Crippen molar-refractivity contribution in [2.24, 2.45) is 0 Å². The fourth-order valence-corrected chi connectivity index (χ4v) is 3.07. The molecular formula is C16H15BrN2O5. The van der Waals surface area contributed by atoms with Crippen molar-refractivity contribution >= 4 is 39.6 Å². The highest BCUT2D eigenvalue weighted by atomic mass is 79.9. The second kappa shape index (κ2) is 6.01. The van der Waals surface area contributed by atoms with Gasteiger partial charge < -0.3 is 10.4 Å². The molecular weight excluding hydrogens is 380 g/mol. The summed E-state index contributed by atoms with van der Waals surface area (Å²) in [4.78, 5) is 48.5. The van der Waals surface area contributed by atoms with Crippen molar-refractivity contribution in [1.29, 1.82) is 0 Å². The van der Waals surface area contributed by atoms with Gasteiger partial charge in [0.1, 0.15) is 5.54 Å². The van der Waals surface area contributed by atoms with Crippen LogP contribution in [0.3, 0.4) is 0 Å². The number of carbonyl (C=O) groups excluding carboxylic acids is 3. The Morgan fingerprint density at radius 3 is 2.50 bits per heavy atom. The first-order valence-electron chi connectivity index (χ1n) is 7.54. The molecule has 126 valence electrons. The minimum atomic E-state index is -1.11. The van der Waals surface area contributed by atoms with E-state index in [1.165, 1.54) is 0 Å². The fraction of sp³-hybridized carbons (Fsp3) is 0.375. The third kappa shape index (κ3) is 2.93. The highest BCUT2D eigenvalue weighted by Crippen LogP contribution is 2.35.